The first-order chi connectivity index (χ1) is 5.57. The van der Waals surface area contributed by atoms with Gasteiger partial charge in [0, 0.05) is 6.54 Å². The van der Waals surface area contributed by atoms with E-state index in [4.69, 9.17) is 11.5 Å². The predicted octanol–water partition coefficient (Wildman–Crippen LogP) is -0.153. The fourth-order valence-electron chi connectivity index (χ4n) is 0.509. The molecule has 0 bridgehead atoms. The molecule has 1 unspecified atom stereocenters. The molecule has 0 fully saturated rings. The Morgan fingerprint density at radius 2 is 2.25 bits per heavy atom. The van der Waals surface area contributed by atoms with Gasteiger partial charge in [-0.1, -0.05) is 12.8 Å². The lowest BCUT2D eigenvalue weighted by Gasteiger charge is -2.06. The first-order valence-electron chi connectivity index (χ1n) is 3.51. The topological polar surface area (TPSA) is 66.4 Å². The molecule has 4 heteroatoms. The highest BCUT2D eigenvalue weighted by Gasteiger charge is 2.10. The Morgan fingerprint density at radius 3 is 2.67 bits per heavy atom. The average molecular weight is 169 g/mol. The van der Waals surface area contributed by atoms with Gasteiger partial charge >= 0.3 is 5.97 Å². The van der Waals surface area contributed by atoms with Gasteiger partial charge in [-0.05, 0) is 0 Å². The molecule has 0 saturated carbocycles. The second kappa shape index (κ2) is 5.19. The average Bonchev–Trinajstić information content (AvgIpc) is 2.00. The van der Waals surface area contributed by atoms with Crippen LogP contribution in [0.1, 0.15) is 13.3 Å². The summed E-state index contributed by atoms with van der Waals surface area (Å²) in [7, 11) is 0. The van der Waals surface area contributed by atoms with E-state index in [1.54, 1.807) is 0 Å². The third-order valence-corrected chi connectivity index (χ3v) is 1.29. The normalized spacial score (nSPS) is 11.3. The lowest BCUT2D eigenvalue weighted by Crippen LogP contribution is -2.30. The summed E-state index contributed by atoms with van der Waals surface area (Å²) in [5.74, 6) is 0.335. The highest BCUT2D eigenvalue weighted by molar-refractivity contribution is 5.79. The van der Waals surface area contributed by atoms with Gasteiger partial charge in [-0.25, -0.2) is 0 Å². The minimum Gasteiger partial charge on any atom is -0.481 e. The van der Waals surface area contributed by atoms with Crippen molar-refractivity contribution in [1.82, 2.24) is 5.32 Å². The van der Waals surface area contributed by atoms with Gasteiger partial charge in [-0.2, -0.15) is 0 Å². The molecule has 0 heterocycles. The molecular formula is C8H11NO3. The second-order valence-corrected chi connectivity index (χ2v) is 2.42. The van der Waals surface area contributed by atoms with Gasteiger partial charge in [-0.15, -0.1) is 6.42 Å². The number of aliphatic carboxylic acids is 1. The van der Waals surface area contributed by atoms with Gasteiger partial charge in [-0.3, -0.25) is 9.59 Å². The van der Waals surface area contributed by atoms with Crippen molar-refractivity contribution in [1.29, 1.82) is 0 Å². The van der Waals surface area contributed by atoms with E-state index in [-0.39, 0.29) is 18.9 Å². The first-order valence-corrected chi connectivity index (χ1v) is 3.51. The third kappa shape index (κ3) is 4.34. The Balaban J connectivity index is 3.63. The molecule has 0 saturated heterocycles. The molecule has 12 heavy (non-hydrogen) atoms. The lowest BCUT2D eigenvalue weighted by atomic mass is 10.2. The largest absolute Gasteiger partial charge is 0.481 e. The molecular weight excluding hydrogens is 158 g/mol. The van der Waals surface area contributed by atoms with E-state index >= 15 is 0 Å². The Hall–Kier alpha value is -1.50. The molecule has 2 N–H and O–H groups in total. The third-order valence-electron chi connectivity index (χ3n) is 1.29. The summed E-state index contributed by atoms with van der Waals surface area (Å²) in [5.41, 5.74) is 0. The van der Waals surface area contributed by atoms with Crippen molar-refractivity contribution in [2.75, 3.05) is 6.54 Å². The molecule has 66 valence electrons. The van der Waals surface area contributed by atoms with Crippen molar-refractivity contribution in [3.63, 3.8) is 0 Å². The number of nitrogens with one attached hydrogen (secondary N) is 1. The summed E-state index contributed by atoms with van der Waals surface area (Å²) in [6, 6.07) is 0. The van der Waals surface area contributed by atoms with Crippen LogP contribution in [0.4, 0.5) is 0 Å². The Bertz CT molecular complexity index is 217. The number of hydrogen-bond acceptors (Lipinski definition) is 2. The molecule has 1 atom stereocenters. The smallest absolute Gasteiger partial charge is 0.308 e. The molecule has 0 aliphatic heterocycles. The zero-order valence-corrected chi connectivity index (χ0v) is 6.83. The number of carbonyl (C=O) groups is 2. The van der Waals surface area contributed by atoms with E-state index in [2.05, 4.69) is 11.2 Å². The summed E-state index contributed by atoms with van der Waals surface area (Å²) in [5, 5.41) is 10.8. The lowest BCUT2D eigenvalue weighted by molar-refractivity contribution is -0.141. The summed E-state index contributed by atoms with van der Waals surface area (Å²) in [6.45, 7) is 1.63. The van der Waals surface area contributed by atoms with Crippen LogP contribution in [0.3, 0.4) is 0 Å². The Kier molecular flexibility index (Phi) is 4.54. The van der Waals surface area contributed by atoms with Crippen molar-refractivity contribution in [3.8, 4) is 12.3 Å². The van der Waals surface area contributed by atoms with Gasteiger partial charge in [0.2, 0.25) is 5.91 Å². The van der Waals surface area contributed by atoms with Crippen LogP contribution in [0.5, 0.6) is 0 Å². The molecule has 0 radical (unpaired) electrons. The maximum atomic E-state index is 10.7. The minimum atomic E-state index is -0.934. The maximum absolute atomic E-state index is 10.7. The van der Waals surface area contributed by atoms with Gasteiger partial charge in [0.1, 0.15) is 0 Å². The number of carbonyl (C=O) groups excluding carboxylic acids is 1. The summed E-state index contributed by atoms with van der Waals surface area (Å²) >= 11 is 0. The standard InChI is InChI=1S/C8H11NO3/c1-3-4-7(10)9-5-6(2)8(11)12/h1,6H,4-5H2,2H3,(H,9,10)(H,11,12). The van der Waals surface area contributed by atoms with Crippen molar-refractivity contribution >= 4 is 11.9 Å². The van der Waals surface area contributed by atoms with E-state index in [1.807, 2.05) is 0 Å². The fourth-order valence-corrected chi connectivity index (χ4v) is 0.509. The van der Waals surface area contributed by atoms with Crippen LogP contribution in [0.25, 0.3) is 0 Å². The van der Waals surface area contributed by atoms with Crippen LogP contribution in [0.15, 0.2) is 0 Å². The van der Waals surface area contributed by atoms with E-state index in [9.17, 15) is 9.59 Å². The molecule has 0 aromatic heterocycles. The van der Waals surface area contributed by atoms with Gasteiger partial charge in [0.15, 0.2) is 0 Å². The SMILES string of the molecule is C#CCC(=O)NCC(C)C(=O)O. The molecule has 0 aromatic carbocycles. The summed E-state index contributed by atoms with van der Waals surface area (Å²) in [6.07, 6.45) is 4.86. The van der Waals surface area contributed by atoms with Crippen LogP contribution in [0.2, 0.25) is 0 Å². The molecule has 1 amide bonds. The van der Waals surface area contributed by atoms with E-state index in [0.29, 0.717) is 0 Å². The highest BCUT2D eigenvalue weighted by atomic mass is 16.4. The van der Waals surface area contributed by atoms with Crippen LogP contribution in [0, 0.1) is 18.3 Å². The highest BCUT2D eigenvalue weighted by Crippen LogP contribution is 1.91. The molecule has 0 aliphatic carbocycles. The zero-order valence-electron chi connectivity index (χ0n) is 6.83. The molecule has 0 spiro atoms. The number of rotatable bonds is 4. The van der Waals surface area contributed by atoms with Crippen LogP contribution >= 0.6 is 0 Å². The van der Waals surface area contributed by atoms with Gasteiger partial charge in [0.05, 0.1) is 12.3 Å². The van der Waals surface area contributed by atoms with Crippen molar-refractivity contribution in [2.24, 2.45) is 5.92 Å². The van der Waals surface area contributed by atoms with Crippen molar-refractivity contribution in [2.45, 2.75) is 13.3 Å². The predicted molar refractivity (Wildman–Crippen MR) is 43.3 cm³/mol. The minimum absolute atomic E-state index is 0.00760. The number of carboxylic acid groups (broad SMARTS) is 1. The quantitative estimate of drug-likeness (QED) is 0.575. The number of terminal acetylenes is 1. The summed E-state index contributed by atoms with van der Waals surface area (Å²) in [4.78, 5) is 21.0. The van der Waals surface area contributed by atoms with E-state index in [0.717, 1.165) is 0 Å². The van der Waals surface area contributed by atoms with Crippen LogP contribution in [-0.2, 0) is 9.59 Å². The molecule has 4 nitrogen and oxygen atoms in total. The Labute approximate surface area is 71.0 Å². The van der Waals surface area contributed by atoms with Gasteiger partial charge < -0.3 is 10.4 Å². The van der Waals surface area contributed by atoms with Crippen LogP contribution < -0.4 is 5.32 Å². The number of hydrogen-bond donors (Lipinski definition) is 2. The number of amides is 1. The first kappa shape index (κ1) is 10.5. The van der Waals surface area contributed by atoms with E-state index < -0.39 is 11.9 Å². The monoisotopic (exact) mass is 169 g/mol. The maximum Gasteiger partial charge on any atom is 0.308 e. The van der Waals surface area contributed by atoms with E-state index in [1.165, 1.54) is 6.92 Å². The second-order valence-electron chi connectivity index (χ2n) is 2.42. The molecule has 0 aliphatic rings. The molecule has 0 aromatic rings. The van der Waals surface area contributed by atoms with Crippen LogP contribution in [-0.4, -0.2) is 23.5 Å². The molecule has 0 rings (SSSR count). The number of carboxylic acids is 1. The van der Waals surface area contributed by atoms with Crippen molar-refractivity contribution < 1.29 is 14.7 Å². The Morgan fingerprint density at radius 1 is 1.67 bits per heavy atom. The van der Waals surface area contributed by atoms with Gasteiger partial charge in [0.25, 0.3) is 0 Å². The fraction of sp³-hybridized carbons (Fsp3) is 0.500. The summed E-state index contributed by atoms with van der Waals surface area (Å²) < 4.78 is 0. The zero-order chi connectivity index (χ0) is 9.56. The van der Waals surface area contributed by atoms with Crippen molar-refractivity contribution in [3.05, 3.63) is 0 Å².